The van der Waals surface area contributed by atoms with Crippen LogP contribution in [-0.4, -0.2) is 17.1 Å². The van der Waals surface area contributed by atoms with Crippen molar-refractivity contribution in [1.29, 1.82) is 0 Å². The van der Waals surface area contributed by atoms with Gasteiger partial charge < -0.3 is 9.30 Å². The summed E-state index contributed by atoms with van der Waals surface area (Å²) < 4.78 is 7.93. The van der Waals surface area contributed by atoms with Crippen molar-refractivity contribution in [3.63, 3.8) is 0 Å². The average molecular weight is 390 g/mol. The lowest BCUT2D eigenvalue weighted by molar-refractivity contribution is 0.0523. The summed E-state index contributed by atoms with van der Waals surface area (Å²) in [6.07, 6.45) is 3.20. The first-order chi connectivity index (χ1) is 11.6. The highest BCUT2D eigenvalue weighted by molar-refractivity contribution is 9.10. The zero-order chi connectivity index (χ0) is 17.1. The monoisotopic (exact) mass is 389 g/mol. The quantitative estimate of drug-likeness (QED) is 0.748. The lowest BCUT2D eigenvalue weighted by Gasteiger charge is -2.22. The molecule has 1 aromatic heterocycles. The molecule has 1 aliphatic heterocycles. The fourth-order valence-electron chi connectivity index (χ4n) is 3.19. The van der Waals surface area contributed by atoms with E-state index in [1.165, 1.54) is 0 Å². The highest BCUT2D eigenvalue weighted by Crippen LogP contribution is 2.22. The summed E-state index contributed by atoms with van der Waals surface area (Å²) in [5.41, 5.74) is 3.03. The van der Waals surface area contributed by atoms with Crippen LogP contribution >= 0.6 is 15.9 Å². The van der Waals surface area contributed by atoms with E-state index in [1.54, 1.807) is 17.6 Å². The third-order valence-electron chi connectivity index (χ3n) is 4.35. The molecule has 0 radical (unpaired) electrons. The molecule has 24 heavy (non-hydrogen) atoms. The van der Waals surface area contributed by atoms with Crippen molar-refractivity contribution in [2.24, 2.45) is 0 Å². The minimum atomic E-state index is -0.337. The molecule has 2 heterocycles. The molecular weight excluding hydrogens is 370 g/mol. The van der Waals surface area contributed by atoms with Crippen molar-refractivity contribution < 1.29 is 9.53 Å². The Balaban J connectivity index is 2.09. The number of nitrogens with zero attached hydrogens (tertiary/aromatic N) is 1. The van der Waals surface area contributed by atoms with Crippen LogP contribution in [0, 0.1) is 0 Å². The highest BCUT2D eigenvalue weighted by atomic mass is 79.9. The zero-order valence-electron chi connectivity index (χ0n) is 13.7. The van der Waals surface area contributed by atoms with Gasteiger partial charge in [0.15, 0.2) is 0 Å². The first-order valence-corrected chi connectivity index (χ1v) is 9.07. The van der Waals surface area contributed by atoms with Crippen molar-refractivity contribution in [2.75, 3.05) is 6.61 Å². The molecule has 0 atom stereocenters. The van der Waals surface area contributed by atoms with Gasteiger partial charge in [-0.05, 0) is 43.9 Å². The largest absolute Gasteiger partial charge is 0.462 e. The van der Waals surface area contributed by atoms with E-state index >= 15 is 0 Å². The van der Waals surface area contributed by atoms with Gasteiger partial charge in [0, 0.05) is 28.7 Å². The average Bonchev–Trinajstić information content (AvgIpc) is 2.59. The molecule has 0 N–H and O–H groups in total. The molecular formula is C19H20BrNO3. The van der Waals surface area contributed by atoms with Crippen molar-refractivity contribution in [3.05, 3.63) is 67.5 Å². The Morgan fingerprint density at radius 2 is 2.04 bits per heavy atom. The molecule has 126 valence electrons. The van der Waals surface area contributed by atoms with E-state index in [0.29, 0.717) is 30.7 Å². The van der Waals surface area contributed by atoms with Gasteiger partial charge in [-0.15, -0.1) is 0 Å². The molecule has 0 saturated heterocycles. The number of carbonyl (C=O) groups excluding carboxylic acids is 1. The van der Waals surface area contributed by atoms with Crippen LogP contribution in [0.5, 0.6) is 0 Å². The van der Waals surface area contributed by atoms with E-state index < -0.39 is 0 Å². The number of benzene rings is 1. The maximum absolute atomic E-state index is 12.9. The third-order valence-corrected chi connectivity index (χ3v) is 5.13. The van der Waals surface area contributed by atoms with Gasteiger partial charge in [0.25, 0.3) is 5.56 Å². The van der Waals surface area contributed by atoms with Gasteiger partial charge in [0.05, 0.1) is 12.2 Å². The topological polar surface area (TPSA) is 48.3 Å². The molecule has 5 heteroatoms. The van der Waals surface area contributed by atoms with E-state index in [0.717, 1.165) is 35.0 Å². The summed E-state index contributed by atoms with van der Waals surface area (Å²) >= 11 is 3.53. The van der Waals surface area contributed by atoms with Gasteiger partial charge >= 0.3 is 5.97 Å². The fraction of sp³-hybridized carbons (Fsp3) is 0.368. The predicted molar refractivity (Wildman–Crippen MR) is 96.5 cm³/mol. The normalized spacial score (nSPS) is 13.4. The van der Waals surface area contributed by atoms with Gasteiger partial charge in [0.2, 0.25) is 0 Å². The minimum Gasteiger partial charge on any atom is -0.462 e. The summed E-state index contributed by atoms with van der Waals surface area (Å²) in [6.45, 7) is 2.79. The molecule has 0 fully saturated rings. The van der Waals surface area contributed by atoms with Gasteiger partial charge in [-0.3, -0.25) is 4.79 Å². The van der Waals surface area contributed by atoms with Crippen LogP contribution in [0.2, 0.25) is 0 Å². The lowest BCUT2D eigenvalue weighted by atomic mass is 9.98. The van der Waals surface area contributed by atoms with Gasteiger partial charge in [-0.25, -0.2) is 4.79 Å². The maximum Gasteiger partial charge on any atom is 0.339 e. The molecule has 0 amide bonds. The van der Waals surface area contributed by atoms with E-state index in [2.05, 4.69) is 15.9 Å². The Bertz CT molecular complexity index is 826. The summed E-state index contributed by atoms with van der Waals surface area (Å²) in [5, 5.41) is 0. The Morgan fingerprint density at radius 3 is 2.79 bits per heavy atom. The first-order valence-electron chi connectivity index (χ1n) is 8.28. The molecule has 4 nitrogen and oxygen atoms in total. The standard InChI is InChI=1S/C19H20BrNO3/c1-2-24-19(23)15-12-14(11-13-7-3-4-8-16(13)20)18(22)21-10-6-5-9-17(15)21/h3-4,7-8,12H,2,5-6,9-11H2,1H3. The van der Waals surface area contributed by atoms with Crippen molar-refractivity contribution in [1.82, 2.24) is 4.57 Å². The van der Waals surface area contributed by atoms with E-state index in [1.807, 2.05) is 24.3 Å². The fourth-order valence-corrected chi connectivity index (χ4v) is 3.61. The second-order valence-corrected chi connectivity index (χ2v) is 6.79. The molecule has 1 aromatic carbocycles. The molecule has 0 bridgehead atoms. The Kier molecular flexibility index (Phi) is 5.19. The Hall–Kier alpha value is -1.88. The van der Waals surface area contributed by atoms with Gasteiger partial charge in [0.1, 0.15) is 0 Å². The van der Waals surface area contributed by atoms with Crippen LogP contribution in [0.3, 0.4) is 0 Å². The first kappa shape index (κ1) is 17.0. The highest BCUT2D eigenvalue weighted by Gasteiger charge is 2.22. The van der Waals surface area contributed by atoms with Crippen LogP contribution in [-0.2, 0) is 24.1 Å². The zero-order valence-corrected chi connectivity index (χ0v) is 15.3. The van der Waals surface area contributed by atoms with Crippen LogP contribution in [0.15, 0.2) is 39.6 Å². The van der Waals surface area contributed by atoms with Crippen LogP contribution in [0.25, 0.3) is 0 Å². The number of hydrogen-bond acceptors (Lipinski definition) is 3. The summed E-state index contributed by atoms with van der Waals surface area (Å²) in [7, 11) is 0. The van der Waals surface area contributed by atoms with Crippen LogP contribution in [0.4, 0.5) is 0 Å². The number of carbonyl (C=O) groups is 1. The summed E-state index contributed by atoms with van der Waals surface area (Å²) in [6, 6.07) is 9.56. The van der Waals surface area contributed by atoms with Crippen molar-refractivity contribution in [2.45, 2.75) is 39.2 Å². The van der Waals surface area contributed by atoms with Gasteiger partial charge in [-0.1, -0.05) is 34.1 Å². The number of halogens is 1. The second kappa shape index (κ2) is 7.34. The Morgan fingerprint density at radius 1 is 1.25 bits per heavy atom. The SMILES string of the molecule is CCOC(=O)c1cc(Cc2ccccc2Br)c(=O)n2c1CCCC2. The van der Waals surface area contributed by atoms with E-state index in [-0.39, 0.29) is 11.5 Å². The second-order valence-electron chi connectivity index (χ2n) is 5.93. The number of hydrogen-bond donors (Lipinski definition) is 0. The number of pyridine rings is 1. The lowest BCUT2D eigenvalue weighted by Crippen LogP contribution is -2.32. The Labute approximate surface area is 149 Å². The predicted octanol–water partition coefficient (Wildman–Crippen LogP) is 3.71. The van der Waals surface area contributed by atoms with E-state index in [9.17, 15) is 9.59 Å². The molecule has 2 aromatic rings. The molecule has 3 rings (SSSR count). The van der Waals surface area contributed by atoms with Crippen molar-refractivity contribution >= 4 is 21.9 Å². The molecule has 0 saturated carbocycles. The number of ether oxygens (including phenoxy) is 1. The van der Waals surface area contributed by atoms with Crippen LogP contribution < -0.4 is 5.56 Å². The molecule has 0 aliphatic carbocycles. The third kappa shape index (κ3) is 3.31. The maximum atomic E-state index is 12.9. The van der Waals surface area contributed by atoms with E-state index in [4.69, 9.17) is 4.74 Å². The van der Waals surface area contributed by atoms with Crippen molar-refractivity contribution in [3.8, 4) is 0 Å². The molecule has 0 unspecified atom stereocenters. The number of esters is 1. The summed E-state index contributed by atoms with van der Waals surface area (Å²) in [4.78, 5) is 25.2. The minimum absolute atomic E-state index is 0.00787. The number of aromatic nitrogens is 1. The number of rotatable bonds is 4. The molecule has 1 aliphatic rings. The van der Waals surface area contributed by atoms with Crippen LogP contribution in [0.1, 0.15) is 46.9 Å². The summed E-state index contributed by atoms with van der Waals surface area (Å²) in [5.74, 6) is -0.337. The molecule has 0 spiro atoms. The number of fused-ring (bicyclic) bond motifs is 1. The van der Waals surface area contributed by atoms with Gasteiger partial charge in [-0.2, -0.15) is 0 Å². The smallest absolute Gasteiger partial charge is 0.339 e.